The molecule has 2 fully saturated rings. The molecule has 1 amide bonds. The van der Waals surface area contributed by atoms with Crippen LogP contribution in [0.1, 0.15) is 83.1 Å². The normalized spacial score (nSPS) is 26.7. The molecule has 0 spiro atoms. The third-order valence-electron chi connectivity index (χ3n) is 8.97. The molecule has 44 heavy (non-hydrogen) atoms. The molecule has 10 heteroatoms. The number of hydrogen-bond donors (Lipinski definition) is 0. The molecule has 1 aromatic heterocycles. The summed E-state index contributed by atoms with van der Waals surface area (Å²) in [7, 11) is 3.19. The number of anilines is 1. The lowest BCUT2D eigenvalue weighted by atomic mass is 9.81. The van der Waals surface area contributed by atoms with Crippen LogP contribution in [0.3, 0.4) is 0 Å². The van der Waals surface area contributed by atoms with Crippen LogP contribution in [0.5, 0.6) is 11.5 Å². The molecule has 3 unspecified atom stereocenters. The number of methoxy groups -OCH3 is 1. The fourth-order valence-corrected chi connectivity index (χ4v) is 6.65. The van der Waals surface area contributed by atoms with Crippen LogP contribution in [0, 0.1) is 12.8 Å². The number of carbonyl (C=O) groups excluding carboxylic acids is 2. The van der Waals surface area contributed by atoms with Crippen LogP contribution >= 0.6 is 0 Å². The number of carbonyl (C=O) groups is 2. The average molecular weight is 610 g/mol. The van der Waals surface area contributed by atoms with Crippen LogP contribution in [-0.4, -0.2) is 78.8 Å². The van der Waals surface area contributed by atoms with Crippen molar-refractivity contribution in [3.8, 4) is 22.6 Å². The van der Waals surface area contributed by atoms with Crippen LogP contribution in [0.25, 0.3) is 11.1 Å². The Morgan fingerprint density at radius 2 is 1.68 bits per heavy atom. The zero-order valence-electron chi connectivity index (χ0n) is 27.6. The van der Waals surface area contributed by atoms with Gasteiger partial charge in [0.25, 0.3) is 5.79 Å². The fourth-order valence-electron chi connectivity index (χ4n) is 6.65. The number of esters is 1. The summed E-state index contributed by atoms with van der Waals surface area (Å²) in [5.74, 6) is 0.752. The number of rotatable bonds is 5. The van der Waals surface area contributed by atoms with Crippen molar-refractivity contribution in [3.05, 3.63) is 35.5 Å². The van der Waals surface area contributed by atoms with Crippen molar-refractivity contribution in [2.24, 2.45) is 5.92 Å². The highest BCUT2D eigenvalue weighted by atomic mass is 16.7. The third-order valence-corrected chi connectivity index (χ3v) is 8.97. The Hall–Kier alpha value is -3.53. The lowest BCUT2D eigenvalue weighted by molar-refractivity contribution is -0.123. The Balaban J connectivity index is 1.38. The summed E-state index contributed by atoms with van der Waals surface area (Å²) in [5.41, 5.74) is 2.12. The first-order chi connectivity index (χ1) is 20.7. The van der Waals surface area contributed by atoms with Crippen molar-refractivity contribution < 1.29 is 33.3 Å². The molecule has 0 N–H and O–H groups in total. The number of amides is 1. The van der Waals surface area contributed by atoms with Crippen molar-refractivity contribution >= 4 is 17.9 Å². The van der Waals surface area contributed by atoms with E-state index in [-0.39, 0.29) is 30.3 Å². The lowest BCUT2D eigenvalue weighted by Gasteiger charge is -2.40. The number of aromatic nitrogens is 1. The minimum Gasteiger partial charge on any atom is -0.465 e. The Bertz CT molecular complexity index is 1370. The first-order valence-electron chi connectivity index (χ1n) is 15.7. The Morgan fingerprint density at radius 3 is 2.25 bits per heavy atom. The van der Waals surface area contributed by atoms with Gasteiger partial charge in [-0.05, 0) is 85.4 Å². The van der Waals surface area contributed by atoms with Gasteiger partial charge in [0.1, 0.15) is 11.4 Å². The molecule has 2 aromatic rings. The molecule has 0 radical (unpaired) electrons. The van der Waals surface area contributed by atoms with E-state index in [1.807, 2.05) is 66.1 Å². The maximum Gasteiger partial charge on any atom is 0.410 e. The monoisotopic (exact) mass is 609 g/mol. The van der Waals surface area contributed by atoms with Crippen molar-refractivity contribution in [2.45, 2.75) is 104 Å². The van der Waals surface area contributed by atoms with Crippen LogP contribution in [0.4, 0.5) is 10.6 Å². The molecule has 3 aliphatic rings. The van der Waals surface area contributed by atoms with Gasteiger partial charge in [-0.2, -0.15) is 0 Å². The number of pyridine rings is 1. The van der Waals surface area contributed by atoms with E-state index in [0.717, 1.165) is 55.7 Å². The second kappa shape index (κ2) is 12.1. The van der Waals surface area contributed by atoms with Gasteiger partial charge in [0, 0.05) is 61.9 Å². The van der Waals surface area contributed by atoms with Gasteiger partial charge in [0.2, 0.25) is 0 Å². The smallest absolute Gasteiger partial charge is 0.410 e. The van der Waals surface area contributed by atoms with Gasteiger partial charge >= 0.3 is 12.1 Å². The first-order valence-corrected chi connectivity index (χ1v) is 15.7. The molecule has 240 valence electrons. The maximum absolute atomic E-state index is 12.8. The quantitative estimate of drug-likeness (QED) is 0.358. The number of nitrogens with zero attached hydrogens (tertiary/aromatic N) is 3. The molecule has 5 rings (SSSR count). The van der Waals surface area contributed by atoms with Gasteiger partial charge in [0.05, 0.1) is 24.9 Å². The van der Waals surface area contributed by atoms with E-state index >= 15 is 0 Å². The van der Waals surface area contributed by atoms with Crippen LogP contribution in [-0.2, 0) is 14.2 Å². The zero-order valence-corrected chi connectivity index (χ0v) is 27.6. The largest absolute Gasteiger partial charge is 0.465 e. The predicted octanol–water partition coefficient (Wildman–Crippen LogP) is 6.37. The van der Waals surface area contributed by atoms with E-state index in [1.54, 1.807) is 4.90 Å². The van der Waals surface area contributed by atoms with E-state index in [9.17, 15) is 9.59 Å². The van der Waals surface area contributed by atoms with E-state index in [4.69, 9.17) is 28.7 Å². The summed E-state index contributed by atoms with van der Waals surface area (Å²) in [6.45, 7) is 15.1. The highest BCUT2D eigenvalue weighted by molar-refractivity contribution is 5.95. The Labute approximate surface area is 260 Å². The molecule has 1 aromatic carbocycles. The van der Waals surface area contributed by atoms with Crippen LogP contribution in [0.15, 0.2) is 24.4 Å². The molecule has 0 bridgehead atoms. The molecule has 10 nitrogen and oxygen atoms in total. The fraction of sp³-hybridized carbons (Fsp3) is 0.618. The van der Waals surface area contributed by atoms with Crippen molar-refractivity contribution in [1.82, 2.24) is 9.88 Å². The van der Waals surface area contributed by atoms with Gasteiger partial charge in [-0.3, -0.25) is 0 Å². The van der Waals surface area contributed by atoms with Gasteiger partial charge < -0.3 is 33.5 Å². The number of hydrogen-bond acceptors (Lipinski definition) is 9. The van der Waals surface area contributed by atoms with Crippen LogP contribution < -0.4 is 14.4 Å². The Morgan fingerprint density at radius 1 is 1.05 bits per heavy atom. The number of ether oxygens (including phenoxy) is 5. The molecular weight excluding hydrogens is 562 g/mol. The number of fused-ring (bicyclic) bond motifs is 1. The van der Waals surface area contributed by atoms with Gasteiger partial charge in [0.15, 0.2) is 11.5 Å². The topological polar surface area (TPSA) is 99.7 Å². The second-order valence-corrected chi connectivity index (χ2v) is 13.6. The molecule has 1 saturated carbocycles. The Kier molecular flexibility index (Phi) is 8.77. The summed E-state index contributed by atoms with van der Waals surface area (Å²) < 4.78 is 30.0. The maximum atomic E-state index is 12.8. The number of benzene rings is 1. The lowest BCUT2D eigenvalue weighted by Crippen LogP contribution is -2.48. The number of morpholine rings is 1. The van der Waals surface area contributed by atoms with E-state index in [2.05, 4.69) is 18.7 Å². The molecular formula is C34H47N3O7. The van der Waals surface area contributed by atoms with Crippen molar-refractivity contribution in [1.29, 1.82) is 0 Å². The average Bonchev–Trinajstić information content (AvgIpc) is 3.34. The summed E-state index contributed by atoms with van der Waals surface area (Å²) >= 11 is 0. The van der Waals surface area contributed by atoms with Crippen LogP contribution in [0.2, 0.25) is 0 Å². The molecule has 3 heterocycles. The van der Waals surface area contributed by atoms with Crippen molar-refractivity contribution in [3.63, 3.8) is 0 Å². The molecule has 3 atom stereocenters. The second-order valence-electron chi connectivity index (χ2n) is 13.6. The summed E-state index contributed by atoms with van der Waals surface area (Å²) in [6, 6.07) is 5.91. The summed E-state index contributed by atoms with van der Waals surface area (Å²) in [6.07, 6.45) is 5.01. The van der Waals surface area contributed by atoms with Gasteiger partial charge in [-0.1, -0.05) is 0 Å². The summed E-state index contributed by atoms with van der Waals surface area (Å²) in [5, 5.41) is 0. The van der Waals surface area contributed by atoms with E-state index in [1.165, 1.54) is 7.11 Å². The third kappa shape index (κ3) is 6.46. The van der Waals surface area contributed by atoms with E-state index < -0.39 is 17.4 Å². The van der Waals surface area contributed by atoms with E-state index in [0.29, 0.717) is 22.6 Å². The standard InChI is InChI=1S/C34H47N3O7/c1-20-18-37(19-21(2)41-20)28-15-10-23(17-35-28)27-16-26(31(38)40-9)22(3)29-30(27)43-34(7,42-29)24-11-13-25(14-12-24)36(8)32(39)44-33(4,5)6/h10,15-17,20-21,24-25H,11-14,18-19H2,1-9H3. The van der Waals surface area contributed by atoms with Gasteiger partial charge in [-0.15, -0.1) is 0 Å². The minimum atomic E-state index is -0.931. The summed E-state index contributed by atoms with van der Waals surface area (Å²) in [4.78, 5) is 34.3. The minimum absolute atomic E-state index is 0.0813. The highest BCUT2D eigenvalue weighted by Gasteiger charge is 2.48. The highest BCUT2D eigenvalue weighted by Crippen LogP contribution is 2.53. The molecule has 2 aliphatic heterocycles. The van der Waals surface area contributed by atoms with Crippen molar-refractivity contribution in [2.75, 3.05) is 32.1 Å². The zero-order chi connectivity index (χ0) is 32.0. The SMILES string of the molecule is COC(=O)c1cc(-c2ccc(N3CC(C)OC(C)C3)nc2)c2c(c1C)OC(C)(C1CCC(N(C)C(=O)OC(C)(C)C)CC1)O2. The predicted molar refractivity (Wildman–Crippen MR) is 167 cm³/mol. The first kappa shape index (κ1) is 31.9. The molecule has 1 saturated heterocycles. The molecule has 1 aliphatic carbocycles. The van der Waals surface area contributed by atoms with Gasteiger partial charge in [-0.25, -0.2) is 14.6 Å².